The van der Waals surface area contributed by atoms with E-state index in [-0.39, 0.29) is 17.8 Å². The van der Waals surface area contributed by atoms with Gasteiger partial charge in [-0.1, -0.05) is 0 Å². The molecule has 1 unspecified atom stereocenters. The molecular weight excluding hydrogens is 355 g/mol. The smallest absolute Gasteiger partial charge is 0.253 e. The lowest BCUT2D eigenvalue weighted by Crippen LogP contribution is -2.30. The molecule has 1 aromatic heterocycles. The second-order valence-electron chi connectivity index (χ2n) is 4.71. The van der Waals surface area contributed by atoms with E-state index in [0.717, 1.165) is 22.6 Å². The Morgan fingerprint density at radius 2 is 2.24 bits per heavy atom. The fourth-order valence-electron chi connectivity index (χ4n) is 2.27. The van der Waals surface area contributed by atoms with Crippen LogP contribution in [0.15, 0.2) is 46.0 Å². The van der Waals surface area contributed by atoms with Crippen molar-refractivity contribution in [3.8, 4) is 0 Å². The Balaban J connectivity index is 1.81. The summed E-state index contributed by atoms with van der Waals surface area (Å²) in [5.74, 6) is 0.435. The van der Waals surface area contributed by atoms with E-state index >= 15 is 0 Å². The summed E-state index contributed by atoms with van der Waals surface area (Å²) in [6, 6.07) is 8.00. The number of rotatable bonds is 2. The average molecular weight is 367 g/mol. The number of hydrogen-bond donors (Lipinski definition) is 1. The molecule has 1 aromatic carbocycles. The fourth-order valence-corrected chi connectivity index (χ4v) is 3.61. The summed E-state index contributed by atoms with van der Waals surface area (Å²) >= 11 is 4.92. The van der Waals surface area contributed by atoms with E-state index in [9.17, 15) is 9.18 Å². The normalized spacial score (nSPS) is 17.1. The van der Waals surface area contributed by atoms with Gasteiger partial charge in [0.2, 0.25) is 0 Å². The first-order valence-electron chi connectivity index (χ1n) is 6.48. The van der Waals surface area contributed by atoms with E-state index in [0.29, 0.717) is 10.2 Å². The molecule has 1 atom stereocenters. The number of nitrogens with zero attached hydrogens (tertiary/aromatic N) is 1. The largest absolute Gasteiger partial charge is 0.345 e. The van der Waals surface area contributed by atoms with Crippen LogP contribution in [0.5, 0.6) is 0 Å². The quantitative estimate of drug-likeness (QED) is 0.818. The van der Waals surface area contributed by atoms with E-state index in [1.54, 1.807) is 30.0 Å². The summed E-state index contributed by atoms with van der Waals surface area (Å²) in [4.78, 5) is 17.3. The van der Waals surface area contributed by atoms with E-state index in [4.69, 9.17) is 0 Å². The maximum absolute atomic E-state index is 13.4. The molecule has 0 bridgehead atoms. The van der Waals surface area contributed by atoms with Crippen LogP contribution >= 0.6 is 27.7 Å². The Labute approximate surface area is 134 Å². The lowest BCUT2D eigenvalue weighted by molar-refractivity contribution is 0.0934. The van der Waals surface area contributed by atoms with Gasteiger partial charge < -0.3 is 5.32 Å². The Morgan fingerprint density at radius 3 is 3.00 bits per heavy atom. The highest BCUT2D eigenvalue weighted by molar-refractivity contribution is 9.10. The first-order chi connectivity index (χ1) is 10.1. The molecule has 1 aliphatic heterocycles. The first-order valence-corrected chi connectivity index (χ1v) is 8.26. The first kappa shape index (κ1) is 14.5. The molecule has 0 saturated carbocycles. The van der Waals surface area contributed by atoms with Crippen LogP contribution in [0.4, 0.5) is 4.39 Å². The number of thioether (sulfide) groups is 1. The molecule has 0 fully saturated rings. The number of carbonyl (C=O) groups is 1. The summed E-state index contributed by atoms with van der Waals surface area (Å²) < 4.78 is 14.1. The molecule has 0 spiro atoms. The number of pyridine rings is 1. The molecule has 1 aliphatic rings. The van der Waals surface area contributed by atoms with Gasteiger partial charge in [0.1, 0.15) is 10.4 Å². The predicted octanol–water partition coefficient (Wildman–Crippen LogP) is 3.95. The fraction of sp³-hybridized carbons (Fsp3) is 0.200. The third-order valence-electron chi connectivity index (χ3n) is 3.31. The lowest BCUT2D eigenvalue weighted by Gasteiger charge is -2.26. The van der Waals surface area contributed by atoms with Crippen LogP contribution in [-0.4, -0.2) is 16.6 Å². The topological polar surface area (TPSA) is 42.0 Å². The van der Waals surface area contributed by atoms with Crippen molar-refractivity contribution in [3.63, 3.8) is 0 Å². The molecule has 21 heavy (non-hydrogen) atoms. The van der Waals surface area contributed by atoms with Crippen LogP contribution < -0.4 is 5.32 Å². The molecule has 1 N–H and O–H groups in total. The SMILES string of the molecule is O=C(NC1CCSc2ccc(F)cc21)c1ccc(Br)nc1. The second-order valence-corrected chi connectivity index (χ2v) is 6.66. The van der Waals surface area contributed by atoms with Gasteiger partial charge in [-0.3, -0.25) is 4.79 Å². The minimum atomic E-state index is -0.277. The van der Waals surface area contributed by atoms with Crippen molar-refractivity contribution in [2.45, 2.75) is 17.4 Å². The van der Waals surface area contributed by atoms with Gasteiger partial charge in [0, 0.05) is 16.8 Å². The van der Waals surface area contributed by atoms with Crippen molar-refractivity contribution >= 4 is 33.6 Å². The van der Waals surface area contributed by atoms with Crippen LogP contribution in [0.2, 0.25) is 0 Å². The Hall–Kier alpha value is -1.40. The van der Waals surface area contributed by atoms with Gasteiger partial charge in [0.15, 0.2) is 0 Å². The maximum Gasteiger partial charge on any atom is 0.253 e. The van der Waals surface area contributed by atoms with Gasteiger partial charge in [-0.05, 0) is 58.2 Å². The molecule has 0 saturated heterocycles. The number of fused-ring (bicyclic) bond motifs is 1. The van der Waals surface area contributed by atoms with Crippen molar-refractivity contribution in [2.24, 2.45) is 0 Å². The zero-order valence-corrected chi connectivity index (χ0v) is 13.4. The van der Waals surface area contributed by atoms with Crippen molar-refractivity contribution in [1.29, 1.82) is 0 Å². The van der Waals surface area contributed by atoms with E-state index in [1.165, 1.54) is 18.3 Å². The van der Waals surface area contributed by atoms with Gasteiger partial charge in [-0.2, -0.15) is 0 Å². The highest BCUT2D eigenvalue weighted by Gasteiger charge is 2.23. The Bertz CT molecular complexity index is 678. The highest BCUT2D eigenvalue weighted by atomic mass is 79.9. The van der Waals surface area contributed by atoms with E-state index in [2.05, 4.69) is 26.2 Å². The Morgan fingerprint density at radius 1 is 1.38 bits per heavy atom. The molecule has 0 radical (unpaired) electrons. The lowest BCUT2D eigenvalue weighted by atomic mass is 10.0. The summed E-state index contributed by atoms with van der Waals surface area (Å²) in [6.45, 7) is 0. The Kier molecular flexibility index (Phi) is 4.26. The number of nitrogens with one attached hydrogen (secondary N) is 1. The standard InChI is InChI=1S/C15H12BrFN2OS/c16-14-4-1-9(8-18-14)15(20)19-12-5-6-21-13-3-2-10(17)7-11(12)13/h1-4,7-8,12H,5-6H2,(H,19,20). The van der Waals surface area contributed by atoms with Crippen molar-refractivity contribution < 1.29 is 9.18 Å². The molecule has 108 valence electrons. The number of hydrogen-bond acceptors (Lipinski definition) is 3. The summed E-state index contributed by atoms with van der Waals surface area (Å²) in [6.07, 6.45) is 2.31. The average Bonchev–Trinajstić information content (AvgIpc) is 2.48. The van der Waals surface area contributed by atoms with Gasteiger partial charge in [-0.25, -0.2) is 9.37 Å². The molecule has 6 heteroatoms. The van der Waals surface area contributed by atoms with Crippen molar-refractivity contribution in [1.82, 2.24) is 10.3 Å². The van der Waals surface area contributed by atoms with Crippen LogP contribution in [0.25, 0.3) is 0 Å². The second kappa shape index (κ2) is 6.15. The number of benzene rings is 1. The number of halogens is 2. The third kappa shape index (κ3) is 3.27. The van der Waals surface area contributed by atoms with Gasteiger partial charge >= 0.3 is 0 Å². The maximum atomic E-state index is 13.4. The molecule has 2 aromatic rings. The number of aromatic nitrogens is 1. The zero-order chi connectivity index (χ0) is 14.8. The molecular formula is C15H12BrFN2OS. The van der Waals surface area contributed by atoms with Crippen molar-refractivity contribution in [3.05, 3.63) is 58.1 Å². The number of amides is 1. The predicted molar refractivity (Wildman–Crippen MR) is 83.9 cm³/mol. The number of carbonyl (C=O) groups excluding carboxylic acids is 1. The van der Waals surface area contributed by atoms with Gasteiger partial charge in [0.05, 0.1) is 11.6 Å². The molecule has 0 aliphatic carbocycles. The molecule has 1 amide bonds. The highest BCUT2D eigenvalue weighted by Crippen LogP contribution is 2.36. The summed E-state index contributed by atoms with van der Waals surface area (Å²) in [5, 5.41) is 2.96. The monoisotopic (exact) mass is 366 g/mol. The van der Waals surface area contributed by atoms with Crippen LogP contribution in [0.1, 0.15) is 28.4 Å². The van der Waals surface area contributed by atoms with Crippen LogP contribution in [-0.2, 0) is 0 Å². The van der Waals surface area contributed by atoms with Gasteiger partial charge in [0.25, 0.3) is 5.91 Å². The molecule has 3 rings (SSSR count). The van der Waals surface area contributed by atoms with Crippen LogP contribution in [0.3, 0.4) is 0 Å². The van der Waals surface area contributed by atoms with Gasteiger partial charge in [-0.15, -0.1) is 11.8 Å². The third-order valence-corrected chi connectivity index (χ3v) is 4.90. The molecule has 2 heterocycles. The minimum absolute atomic E-state index is 0.159. The zero-order valence-electron chi connectivity index (χ0n) is 11.0. The summed E-state index contributed by atoms with van der Waals surface area (Å²) in [5.41, 5.74) is 1.35. The minimum Gasteiger partial charge on any atom is -0.345 e. The summed E-state index contributed by atoms with van der Waals surface area (Å²) in [7, 11) is 0. The molecule has 3 nitrogen and oxygen atoms in total. The van der Waals surface area contributed by atoms with Crippen molar-refractivity contribution in [2.75, 3.05) is 5.75 Å². The van der Waals surface area contributed by atoms with Crippen LogP contribution in [0, 0.1) is 5.82 Å². The van der Waals surface area contributed by atoms with E-state index in [1.807, 2.05) is 0 Å². The van der Waals surface area contributed by atoms with E-state index < -0.39 is 0 Å².